The van der Waals surface area contributed by atoms with Crippen LogP contribution in [0.4, 0.5) is 0 Å². The van der Waals surface area contributed by atoms with Crippen molar-refractivity contribution in [1.82, 2.24) is 9.97 Å². The van der Waals surface area contributed by atoms with Crippen LogP contribution in [0.3, 0.4) is 0 Å². The van der Waals surface area contributed by atoms with Crippen molar-refractivity contribution in [1.29, 1.82) is 0 Å². The second-order valence-corrected chi connectivity index (χ2v) is 2.43. The zero-order chi connectivity index (χ0) is 8.23. The van der Waals surface area contributed by atoms with Crippen molar-refractivity contribution >= 4 is 0 Å². The molecular formula is C10H12N2O2. The van der Waals surface area contributed by atoms with Crippen molar-refractivity contribution in [2.24, 2.45) is 0 Å². The highest BCUT2D eigenvalue weighted by atomic mass is 16.0. The van der Waals surface area contributed by atoms with Crippen molar-refractivity contribution in [3.63, 3.8) is 0 Å². The number of pyridine rings is 2. The summed E-state index contributed by atoms with van der Waals surface area (Å²) < 4.78 is 0. The first-order valence-electron chi connectivity index (χ1n) is 3.79. The molecule has 2 heterocycles. The fourth-order valence-electron chi connectivity index (χ4n) is 1.03. The van der Waals surface area contributed by atoms with Crippen molar-refractivity contribution in [2.45, 2.75) is 0 Å². The number of hydrogen-bond acceptors (Lipinski definition) is 2. The Morgan fingerprint density at radius 1 is 0.643 bits per heavy atom. The smallest absolute Gasteiger partial charge is 0.0886 e. The molecule has 2 rings (SSSR count). The van der Waals surface area contributed by atoms with Gasteiger partial charge in [-0.3, -0.25) is 9.97 Å². The second-order valence-electron chi connectivity index (χ2n) is 2.43. The van der Waals surface area contributed by atoms with Gasteiger partial charge in [-0.25, -0.2) is 0 Å². The summed E-state index contributed by atoms with van der Waals surface area (Å²) in [4.78, 5) is 8.37. The minimum Gasteiger partial charge on any atom is -0.412 e. The van der Waals surface area contributed by atoms with Crippen LogP contribution >= 0.6 is 0 Å². The van der Waals surface area contributed by atoms with Crippen LogP contribution in [0.2, 0.25) is 0 Å². The van der Waals surface area contributed by atoms with Crippen molar-refractivity contribution in [3.8, 4) is 11.4 Å². The maximum atomic E-state index is 4.19. The first kappa shape index (κ1) is 12.2. The van der Waals surface area contributed by atoms with Crippen LogP contribution in [-0.4, -0.2) is 20.9 Å². The van der Waals surface area contributed by atoms with E-state index in [4.69, 9.17) is 0 Å². The third-order valence-electron chi connectivity index (χ3n) is 1.59. The molecule has 2 aromatic heterocycles. The van der Waals surface area contributed by atoms with Crippen molar-refractivity contribution < 1.29 is 11.0 Å². The van der Waals surface area contributed by atoms with Crippen LogP contribution in [-0.2, 0) is 0 Å². The van der Waals surface area contributed by atoms with Crippen molar-refractivity contribution in [3.05, 3.63) is 48.8 Å². The average molecular weight is 192 g/mol. The van der Waals surface area contributed by atoms with Gasteiger partial charge in [0.15, 0.2) is 0 Å². The molecule has 0 atom stereocenters. The fraction of sp³-hybridized carbons (Fsp3) is 0. The third kappa shape index (κ3) is 2.62. The number of aromatic nitrogens is 2. The Balaban J connectivity index is 0.000000845. The Morgan fingerprint density at radius 3 is 1.36 bits per heavy atom. The second kappa shape index (κ2) is 5.80. The summed E-state index contributed by atoms with van der Waals surface area (Å²) in [5.41, 5.74) is 1.83. The Kier molecular flexibility index (Phi) is 5.06. The summed E-state index contributed by atoms with van der Waals surface area (Å²) in [5.74, 6) is 0. The molecule has 0 bridgehead atoms. The molecule has 0 unspecified atom stereocenters. The minimum atomic E-state index is 0. The minimum absolute atomic E-state index is 0. The van der Waals surface area contributed by atoms with E-state index in [1.807, 2.05) is 36.4 Å². The summed E-state index contributed by atoms with van der Waals surface area (Å²) in [6, 6.07) is 11.6. The fourth-order valence-corrected chi connectivity index (χ4v) is 1.03. The van der Waals surface area contributed by atoms with Gasteiger partial charge >= 0.3 is 0 Å². The summed E-state index contributed by atoms with van der Waals surface area (Å²) >= 11 is 0. The lowest BCUT2D eigenvalue weighted by molar-refractivity contribution is 0.823. The van der Waals surface area contributed by atoms with Gasteiger partial charge in [-0.05, 0) is 24.3 Å². The topological polar surface area (TPSA) is 88.8 Å². The van der Waals surface area contributed by atoms with E-state index < -0.39 is 0 Å². The van der Waals surface area contributed by atoms with Crippen LogP contribution in [0.5, 0.6) is 0 Å². The quantitative estimate of drug-likeness (QED) is 0.658. The van der Waals surface area contributed by atoms with Crippen LogP contribution in [0.25, 0.3) is 11.4 Å². The van der Waals surface area contributed by atoms with Gasteiger partial charge in [0.05, 0.1) is 11.4 Å². The normalized spacial score (nSPS) is 8.29. The van der Waals surface area contributed by atoms with Gasteiger partial charge in [0, 0.05) is 12.4 Å². The van der Waals surface area contributed by atoms with Crippen molar-refractivity contribution in [2.75, 3.05) is 0 Å². The molecule has 0 aromatic carbocycles. The standard InChI is InChI=1S/C10H8N2.2H2O/c1-3-7-11-9(5-1)10-6-2-4-8-12-10;;/h1-8H;2*1H2. The van der Waals surface area contributed by atoms with Crippen LogP contribution < -0.4 is 0 Å². The highest BCUT2D eigenvalue weighted by Gasteiger charge is 1.95. The molecule has 0 saturated heterocycles. The van der Waals surface area contributed by atoms with E-state index in [2.05, 4.69) is 9.97 Å². The molecule has 2 aromatic rings. The molecule has 14 heavy (non-hydrogen) atoms. The molecule has 0 fully saturated rings. The first-order valence-corrected chi connectivity index (χ1v) is 3.79. The lowest BCUT2D eigenvalue weighted by Gasteiger charge is -1.96. The van der Waals surface area contributed by atoms with Gasteiger partial charge in [0.1, 0.15) is 0 Å². The van der Waals surface area contributed by atoms with E-state index in [1.54, 1.807) is 12.4 Å². The largest absolute Gasteiger partial charge is 0.412 e. The first-order chi connectivity index (χ1) is 5.97. The summed E-state index contributed by atoms with van der Waals surface area (Å²) in [7, 11) is 0. The van der Waals surface area contributed by atoms with Gasteiger partial charge in [-0.15, -0.1) is 0 Å². The van der Waals surface area contributed by atoms with E-state index in [1.165, 1.54) is 0 Å². The van der Waals surface area contributed by atoms with Crippen LogP contribution in [0.1, 0.15) is 0 Å². The van der Waals surface area contributed by atoms with Gasteiger partial charge in [-0.1, -0.05) is 12.1 Å². The lowest BCUT2D eigenvalue weighted by atomic mass is 10.2. The monoisotopic (exact) mass is 192 g/mol. The summed E-state index contributed by atoms with van der Waals surface area (Å²) in [6.07, 6.45) is 3.54. The molecule has 4 heteroatoms. The van der Waals surface area contributed by atoms with E-state index in [0.29, 0.717) is 0 Å². The lowest BCUT2D eigenvalue weighted by Crippen LogP contribution is -1.83. The number of nitrogens with zero attached hydrogens (tertiary/aromatic N) is 2. The summed E-state index contributed by atoms with van der Waals surface area (Å²) in [5, 5.41) is 0. The van der Waals surface area contributed by atoms with Gasteiger partial charge in [0.2, 0.25) is 0 Å². The number of hydrogen-bond donors (Lipinski definition) is 0. The molecule has 4 nitrogen and oxygen atoms in total. The Morgan fingerprint density at radius 2 is 1.07 bits per heavy atom. The highest BCUT2D eigenvalue weighted by molar-refractivity contribution is 5.52. The van der Waals surface area contributed by atoms with E-state index in [-0.39, 0.29) is 11.0 Å². The predicted octanol–water partition coefficient (Wildman–Crippen LogP) is 0.494. The maximum absolute atomic E-state index is 4.19. The molecule has 0 aliphatic rings. The molecule has 0 aliphatic carbocycles. The maximum Gasteiger partial charge on any atom is 0.0886 e. The predicted molar refractivity (Wildman–Crippen MR) is 54.7 cm³/mol. The third-order valence-corrected chi connectivity index (χ3v) is 1.59. The van der Waals surface area contributed by atoms with Crippen LogP contribution in [0.15, 0.2) is 48.8 Å². The molecule has 0 amide bonds. The van der Waals surface area contributed by atoms with Crippen LogP contribution in [0, 0.1) is 0 Å². The molecular weight excluding hydrogens is 180 g/mol. The number of rotatable bonds is 1. The molecule has 0 spiro atoms. The zero-order valence-corrected chi connectivity index (χ0v) is 7.51. The molecule has 0 saturated carbocycles. The van der Waals surface area contributed by atoms with E-state index in [9.17, 15) is 0 Å². The van der Waals surface area contributed by atoms with E-state index in [0.717, 1.165) is 11.4 Å². The zero-order valence-electron chi connectivity index (χ0n) is 7.51. The van der Waals surface area contributed by atoms with Gasteiger partial charge < -0.3 is 11.0 Å². The molecule has 0 aliphatic heterocycles. The molecule has 4 N–H and O–H groups in total. The average Bonchev–Trinajstić information content (AvgIpc) is 2.21. The molecule has 0 radical (unpaired) electrons. The van der Waals surface area contributed by atoms with Gasteiger partial charge in [0.25, 0.3) is 0 Å². The Hall–Kier alpha value is -1.78. The van der Waals surface area contributed by atoms with E-state index >= 15 is 0 Å². The summed E-state index contributed by atoms with van der Waals surface area (Å²) in [6.45, 7) is 0. The van der Waals surface area contributed by atoms with Gasteiger partial charge in [-0.2, -0.15) is 0 Å². The SMILES string of the molecule is O.O.c1ccc(-c2ccccn2)nc1. The highest BCUT2D eigenvalue weighted by Crippen LogP contribution is 2.10. The molecule has 74 valence electrons. The Labute approximate surface area is 81.9 Å². The Bertz CT molecular complexity index is 314.